The van der Waals surface area contributed by atoms with Crippen LogP contribution in [0.15, 0.2) is 6.20 Å². The molecule has 4 nitrogen and oxygen atoms in total. The van der Waals surface area contributed by atoms with Crippen LogP contribution in [0, 0.1) is 5.92 Å². The maximum Gasteiger partial charge on any atom is 0.0537 e. The van der Waals surface area contributed by atoms with Crippen molar-refractivity contribution >= 4 is 0 Å². The minimum atomic E-state index is 0.757. The fraction of sp³-hybridized carbons (Fsp3) is 0.750. The van der Waals surface area contributed by atoms with Gasteiger partial charge in [-0.05, 0) is 18.8 Å². The molecule has 0 aliphatic carbocycles. The van der Waals surface area contributed by atoms with Gasteiger partial charge in [0.2, 0.25) is 0 Å². The van der Waals surface area contributed by atoms with Gasteiger partial charge in [-0.3, -0.25) is 4.68 Å². The predicted molar refractivity (Wildman–Crippen MR) is 61.2 cm³/mol. The van der Waals surface area contributed by atoms with Crippen molar-refractivity contribution in [3.8, 4) is 0 Å². The van der Waals surface area contributed by atoms with Gasteiger partial charge in [-0.2, -0.15) is 5.10 Å². The standard InChI is InChI=1S/C12H19N3O/c1-4-13-7-11-8-14-15(12(1)11)9-10-2-5-16-6-3-10/h8,10,13H,1-7,9H2. The number of hydrogen-bond acceptors (Lipinski definition) is 3. The normalized spacial score (nSPS) is 22.0. The van der Waals surface area contributed by atoms with E-state index in [1.165, 1.54) is 24.1 Å². The zero-order chi connectivity index (χ0) is 10.8. The fourth-order valence-electron chi connectivity index (χ4n) is 2.65. The molecule has 1 N–H and O–H groups in total. The Labute approximate surface area is 96.0 Å². The summed E-state index contributed by atoms with van der Waals surface area (Å²) in [7, 11) is 0. The molecule has 16 heavy (non-hydrogen) atoms. The van der Waals surface area contributed by atoms with Crippen LogP contribution >= 0.6 is 0 Å². The van der Waals surface area contributed by atoms with E-state index in [-0.39, 0.29) is 0 Å². The molecule has 1 aromatic rings. The van der Waals surface area contributed by atoms with Gasteiger partial charge >= 0.3 is 0 Å². The molecule has 3 heterocycles. The van der Waals surface area contributed by atoms with Gasteiger partial charge in [-0.1, -0.05) is 0 Å². The molecule has 1 saturated heterocycles. The van der Waals surface area contributed by atoms with Gasteiger partial charge < -0.3 is 10.1 Å². The van der Waals surface area contributed by atoms with Crippen LogP contribution in [0.3, 0.4) is 0 Å². The molecule has 1 fully saturated rings. The number of nitrogens with one attached hydrogen (secondary N) is 1. The summed E-state index contributed by atoms with van der Waals surface area (Å²) in [5, 5.41) is 7.91. The Morgan fingerprint density at radius 1 is 1.44 bits per heavy atom. The van der Waals surface area contributed by atoms with E-state index in [4.69, 9.17) is 4.74 Å². The van der Waals surface area contributed by atoms with Gasteiger partial charge in [0.05, 0.1) is 6.20 Å². The van der Waals surface area contributed by atoms with E-state index in [1.807, 2.05) is 6.20 Å². The largest absolute Gasteiger partial charge is 0.381 e. The number of nitrogens with zero attached hydrogens (tertiary/aromatic N) is 2. The molecule has 88 valence electrons. The summed E-state index contributed by atoms with van der Waals surface area (Å²) in [4.78, 5) is 0. The summed E-state index contributed by atoms with van der Waals surface area (Å²) in [6.07, 6.45) is 5.53. The number of rotatable bonds is 2. The molecular formula is C12H19N3O. The Balaban J connectivity index is 1.71. The van der Waals surface area contributed by atoms with Crippen LogP contribution < -0.4 is 5.32 Å². The van der Waals surface area contributed by atoms with Crippen molar-refractivity contribution in [1.82, 2.24) is 15.1 Å². The molecule has 3 rings (SSSR count). The van der Waals surface area contributed by atoms with Crippen molar-refractivity contribution in [1.29, 1.82) is 0 Å². The molecule has 0 aromatic carbocycles. The van der Waals surface area contributed by atoms with E-state index in [9.17, 15) is 0 Å². The maximum atomic E-state index is 5.39. The molecule has 0 bridgehead atoms. The lowest BCUT2D eigenvalue weighted by Gasteiger charge is -2.23. The molecule has 4 heteroatoms. The lowest BCUT2D eigenvalue weighted by Crippen LogP contribution is -2.27. The quantitative estimate of drug-likeness (QED) is 0.808. The van der Waals surface area contributed by atoms with Gasteiger partial charge in [-0.15, -0.1) is 0 Å². The Morgan fingerprint density at radius 2 is 2.31 bits per heavy atom. The first kappa shape index (κ1) is 10.3. The third kappa shape index (κ3) is 1.99. The van der Waals surface area contributed by atoms with E-state index in [1.54, 1.807) is 0 Å². The Morgan fingerprint density at radius 3 is 3.19 bits per heavy atom. The molecular weight excluding hydrogens is 202 g/mol. The minimum absolute atomic E-state index is 0.757. The van der Waals surface area contributed by atoms with E-state index in [0.717, 1.165) is 45.2 Å². The molecule has 0 saturated carbocycles. The van der Waals surface area contributed by atoms with E-state index in [2.05, 4.69) is 15.1 Å². The third-order valence-electron chi connectivity index (χ3n) is 3.66. The maximum absolute atomic E-state index is 5.39. The summed E-state index contributed by atoms with van der Waals surface area (Å²) >= 11 is 0. The highest BCUT2D eigenvalue weighted by Gasteiger charge is 2.19. The molecule has 0 amide bonds. The number of aromatic nitrogens is 2. The van der Waals surface area contributed by atoms with Crippen LogP contribution in [0.25, 0.3) is 0 Å². The first-order valence-corrected chi connectivity index (χ1v) is 6.25. The van der Waals surface area contributed by atoms with Crippen LogP contribution in [0.5, 0.6) is 0 Å². The fourth-order valence-corrected chi connectivity index (χ4v) is 2.65. The van der Waals surface area contributed by atoms with Gasteiger partial charge in [-0.25, -0.2) is 0 Å². The van der Waals surface area contributed by atoms with Crippen molar-refractivity contribution in [3.63, 3.8) is 0 Å². The van der Waals surface area contributed by atoms with Crippen molar-refractivity contribution < 1.29 is 4.74 Å². The number of ether oxygens (including phenoxy) is 1. The highest BCUT2D eigenvalue weighted by atomic mass is 16.5. The smallest absolute Gasteiger partial charge is 0.0537 e. The zero-order valence-electron chi connectivity index (χ0n) is 9.61. The first-order chi connectivity index (χ1) is 7.93. The minimum Gasteiger partial charge on any atom is -0.381 e. The second-order valence-corrected chi connectivity index (χ2v) is 4.78. The molecule has 0 unspecified atom stereocenters. The summed E-state index contributed by atoms with van der Waals surface area (Å²) < 4.78 is 7.62. The lowest BCUT2D eigenvalue weighted by atomic mass is 10.00. The van der Waals surface area contributed by atoms with Gasteiger partial charge in [0.15, 0.2) is 0 Å². The summed E-state index contributed by atoms with van der Waals surface area (Å²) in [5.74, 6) is 0.757. The highest BCUT2D eigenvalue weighted by molar-refractivity contribution is 5.20. The monoisotopic (exact) mass is 221 g/mol. The average molecular weight is 221 g/mol. The van der Waals surface area contributed by atoms with Crippen LogP contribution in [0.1, 0.15) is 24.1 Å². The average Bonchev–Trinajstić information content (AvgIpc) is 2.74. The van der Waals surface area contributed by atoms with Crippen molar-refractivity contribution in [2.75, 3.05) is 19.8 Å². The first-order valence-electron chi connectivity index (χ1n) is 6.25. The Hall–Kier alpha value is -0.870. The van der Waals surface area contributed by atoms with E-state index < -0.39 is 0 Å². The molecule has 2 aliphatic heterocycles. The van der Waals surface area contributed by atoms with Crippen molar-refractivity contribution in [3.05, 3.63) is 17.5 Å². The van der Waals surface area contributed by atoms with Gasteiger partial charge in [0, 0.05) is 50.5 Å². The molecule has 0 radical (unpaired) electrons. The van der Waals surface area contributed by atoms with Crippen LogP contribution in [-0.4, -0.2) is 29.5 Å². The van der Waals surface area contributed by atoms with Crippen LogP contribution in [0.2, 0.25) is 0 Å². The second kappa shape index (κ2) is 4.55. The van der Waals surface area contributed by atoms with Gasteiger partial charge in [0.25, 0.3) is 0 Å². The summed E-state index contributed by atoms with van der Waals surface area (Å²) in [6, 6.07) is 0. The Bertz CT molecular complexity index is 355. The molecule has 1 aromatic heterocycles. The number of hydrogen-bond donors (Lipinski definition) is 1. The van der Waals surface area contributed by atoms with Crippen LogP contribution in [0.4, 0.5) is 0 Å². The van der Waals surface area contributed by atoms with E-state index >= 15 is 0 Å². The van der Waals surface area contributed by atoms with Crippen molar-refractivity contribution in [2.45, 2.75) is 32.4 Å². The highest BCUT2D eigenvalue weighted by Crippen LogP contribution is 2.20. The topological polar surface area (TPSA) is 39.1 Å². The molecule has 0 spiro atoms. The number of fused-ring (bicyclic) bond motifs is 1. The summed E-state index contributed by atoms with van der Waals surface area (Å²) in [5.41, 5.74) is 2.84. The summed E-state index contributed by atoms with van der Waals surface area (Å²) in [6.45, 7) is 5.01. The lowest BCUT2D eigenvalue weighted by molar-refractivity contribution is 0.0598. The van der Waals surface area contributed by atoms with E-state index in [0.29, 0.717) is 0 Å². The Kier molecular flexibility index (Phi) is 2.93. The molecule has 0 atom stereocenters. The van der Waals surface area contributed by atoms with Gasteiger partial charge in [0.1, 0.15) is 0 Å². The zero-order valence-corrected chi connectivity index (χ0v) is 9.61. The van der Waals surface area contributed by atoms with Crippen molar-refractivity contribution in [2.24, 2.45) is 5.92 Å². The second-order valence-electron chi connectivity index (χ2n) is 4.78. The SMILES string of the molecule is c1nn(CC2CCOCC2)c2c1CNCC2. The third-order valence-corrected chi connectivity index (χ3v) is 3.66. The molecule has 2 aliphatic rings. The van der Waals surface area contributed by atoms with Crippen LogP contribution in [-0.2, 0) is 24.2 Å². The predicted octanol–water partition coefficient (Wildman–Crippen LogP) is 0.955.